The third kappa shape index (κ3) is 2.67. The molecular formula is C14H24O2. The molecule has 92 valence electrons. The van der Waals surface area contributed by atoms with Crippen molar-refractivity contribution in [2.24, 2.45) is 11.3 Å². The minimum absolute atomic E-state index is 0.0482. The highest BCUT2D eigenvalue weighted by Gasteiger charge is 2.44. The van der Waals surface area contributed by atoms with E-state index in [1.807, 2.05) is 6.92 Å². The Bertz CT molecular complexity index is 261. The molecule has 0 aromatic heterocycles. The van der Waals surface area contributed by atoms with Gasteiger partial charge in [0.15, 0.2) is 6.29 Å². The van der Waals surface area contributed by atoms with E-state index in [0.717, 1.165) is 19.4 Å². The average Bonchev–Trinajstić information content (AvgIpc) is 2.73. The second-order valence-corrected chi connectivity index (χ2v) is 5.55. The monoisotopic (exact) mass is 224 g/mol. The molecule has 16 heavy (non-hydrogen) atoms. The normalized spacial score (nSPS) is 38.2. The van der Waals surface area contributed by atoms with E-state index in [0.29, 0.717) is 17.4 Å². The summed E-state index contributed by atoms with van der Waals surface area (Å²) in [6.07, 6.45) is 9.75. The minimum Gasteiger partial charge on any atom is -0.353 e. The first-order valence-electron chi connectivity index (χ1n) is 6.59. The Balaban J connectivity index is 1.73. The van der Waals surface area contributed by atoms with Crippen LogP contribution in [0.15, 0.2) is 12.2 Å². The molecule has 4 atom stereocenters. The van der Waals surface area contributed by atoms with Gasteiger partial charge in [-0.05, 0) is 31.6 Å². The van der Waals surface area contributed by atoms with Crippen molar-refractivity contribution in [1.29, 1.82) is 0 Å². The third-order valence-corrected chi connectivity index (χ3v) is 3.81. The van der Waals surface area contributed by atoms with Gasteiger partial charge in [0, 0.05) is 12.5 Å². The Morgan fingerprint density at radius 2 is 2.25 bits per heavy atom. The van der Waals surface area contributed by atoms with Gasteiger partial charge >= 0.3 is 0 Å². The van der Waals surface area contributed by atoms with Crippen molar-refractivity contribution < 1.29 is 9.47 Å². The van der Waals surface area contributed by atoms with Crippen molar-refractivity contribution in [2.75, 3.05) is 6.61 Å². The van der Waals surface area contributed by atoms with Gasteiger partial charge in [-0.25, -0.2) is 0 Å². The quantitative estimate of drug-likeness (QED) is 0.390. The van der Waals surface area contributed by atoms with Crippen LogP contribution in [-0.2, 0) is 9.47 Å². The molecule has 2 aliphatic carbocycles. The van der Waals surface area contributed by atoms with Crippen molar-refractivity contribution in [3.8, 4) is 0 Å². The molecule has 2 nitrogen and oxygen atoms in total. The topological polar surface area (TPSA) is 18.5 Å². The maximum absolute atomic E-state index is 5.98. The summed E-state index contributed by atoms with van der Waals surface area (Å²) in [6, 6.07) is 0. The molecule has 0 aliphatic heterocycles. The Morgan fingerprint density at radius 1 is 1.44 bits per heavy atom. The standard InChI is InChI=1S/C14H24O2/c1-4-5-8-15-11(2)16-13-10-14(3)7-6-12(13)9-14/h6-7,11-13H,4-5,8-10H2,1-3H3. The molecule has 0 radical (unpaired) electrons. The van der Waals surface area contributed by atoms with Crippen molar-refractivity contribution in [2.45, 2.75) is 58.8 Å². The predicted octanol–water partition coefficient (Wildman–Crippen LogP) is 3.52. The van der Waals surface area contributed by atoms with Crippen LogP contribution in [0.3, 0.4) is 0 Å². The first-order chi connectivity index (χ1) is 7.63. The van der Waals surface area contributed by atoms with Crippen molar-refractivity contribution in [3.63, 3.8) is 0 Å². The smallest absolute Gasteiger partial charge is 0.155 e. The largest absolute Gasteiger partial charge is 0.353 e. The van der Waals surface area contributed by atoms with Crippen molar-refractivity contribution in [1.82, 2.24) is 0 Å². The number of hydrogen-bond donors (Lipinski definition) is 0. The molecule has 2 bridgehead atoms. The number of hydrogen-bond acceptors (Lipinski definition) is 2. The summed E-state index contributed by atoms with van der Waals surface area (Å²) in [4.78, 5) is 0. The number of allylic oxidation sites excluding steroid dienone is 1. The molecule has 2 heteroatoms. The predicted molar refractivity (Wildman–Crippen MR) is 65.2 cm³/mol. The van der Waals surface area contributed by atoms with E-state index in [2.05, 4.69) is 26.0 Å². The molecular weight excluding hydrogens is 200 g/mol. The van der Waals surface area contributed by atoms with Gasteiger partial charge in [-0.15, -0.1) is 0 Å². The Labute approximate surface area is 99.0 Å². The van der Waals surface area contributed by atoms with E-state index >= 15 is 0 Å². The van der Waals surface area contributed by atoms with Crippen LogP contribution in [0.2, 0.25) is 0 Å². The Hall–Kier alpha value is -0.340. The van der Waals surface area contributed by atoms with E-state index in [1.165, 1.54) is 12.8 Å². The lowest BCUT2D eigenvalue weighted by molar-refractivity contribution is -0.166. The van der Waals surface area contributed by atoms with Crippen LogP contribution in [0, 0.1) is 11.3 Å². The molecule has 0 aromatic carbocycles. The van der Waals surface area contributed by atoms with Gasteiger partial charge in [-0.2, -0.15) is 0 Å². The fourth-order valence-electron chi connectivity index (χ4n) is 2.88. The molecule has 0 spiro atoms. The lowest BCUT2D eigenvalue weighted by Gasteiger charge is -2.25. The number of unbranched alkanes of at least 4 members (excludes halogenated alkanes) is 1. The maximum Gasteiger partial charge on any atom is 0.155 e. The molecule has 4 unspecified atom stereocenters. The molecule has 0 N–H and O–H groups in total. The van der Waals surface area contributed by atoms with Gasteiger partial charge in [-0.1, -0.05) is 32.4 Å². The maximum atomic E-state index is 5.98. The summed E-state index contributed by atoms with van der Waals surface area (Å²) in [5.41, 5.74) is 0.401. The van der Waals surface area contributed by atoms with Gasteiger partial charge in [0.1, 0.15) is 0 Å². The van der Waals surface area contributed by atoms with Gasteiger partial charge in [0.25, 0.3) is 0 Å². The summed E-state index contributed by atoms with van der Waals surface area (Å²) in [5, 5.41) is 0. The lowest BCUT2D eigenvalue weighted by atomic mass is 9.90. The zero-order valence-electron chi connectivity index (χ0n) is 10.7. The van der Waals surface area contributed by atoms with Gasteiger partial charge in [0.2, 0.25) is 0 Å². The van der Waals surface area contributed by atoms with Gasteiger partial charge in [0.05, 0.1) is 6.10 Å². The minimum atomic E-state index is -0.0482. The van der Waals surface area contributed by atoms with Gasteiger partial charge < -0.3 is 9.47 Å². The number of rotatable bonds is 6. The average molecular weight is 224 g/mol. The summed E-state index contributed by atoms with van der Waals surface area (Å²) in [6.45, 7) is 7.35. The molecule has 1 fully saturated rings. The highest BCUT2D eigenvalue weighted by Crippen LogP contribution is 2.50. The molecule has 0 heterocycles. The lowest BCUT2D eigenvalue weighted by Crippen LogP contribution is -2.26. The summed E-state index contributed by atoms with van der Waals surface area (Å²) in [5.74, 6) is 0.627. The first kappa shape index (κ1) is 12.1. The second-order valence-electron chi connectivity index (χ2n) is 5.55. The second kappa shape index (κ2) is 4.89. The summed E-state index contributed by atoms with van der Waals surface area (Å²) in [7, 11) is 0. The third-order valence-electron chi connectivity index (χ3n) is 3.81. The zero-order valence-corrected chi connectivity index (χ0v) is 10.7. The van der Waals surface area contributed by atoms with Crippen molar-refractivity contribution >= 4 is 0 Å². The molecule has 2 aliphatic rings. The Morgan fingerprint density at radius 3 is 2.81 bits per heavy atom. The molecule has 0 amide bonds. The molecule has 2 rings (SSSR count). The highest BCUT2D eigenvalue weighted by molar-refractivity contribution is 5.17. The molecule has 0 saturated heterocycles. The van der Waals surface area contributed by atoms with Crippen molar-refractivity contribution in [3.05, 3.63) is 12.2 Å². The number of ether oxygens (including phenoxy) is 2. The van der Waals surface area contributed by atoms with Crippen LogP contribution in [0.1, 0.15) is 46.5 Å². The number of fused-ring (bicyclic) bond motifs is 2. The van der Waals surface area contributed by atoms with E-state index < -0.39 is 0 Å². The fourth-order valence-corrected chi connectivity index (χ4v) is 2.88. The Kier molecular flexibility index (Phi) is 3.70. The van der Waals surface area contributed by atoms with E-state index in [1.54, 1.807) is 0 Å². The zero-order chi connectivity index (χ0) is 11.6. The van der Waals surface area contributed by atoms with E-state index in [-0.39, 0.29) is 6.29 Å². The van der Waals surface area contributed by atoms with Crippen LogP contribution >= 0.6 is 0 Å². The first-order valence-corrected chi connectivity index (χ1v) is 6.59. The fraction of sp³-hybridized carbons (Fsp3) is 0.857. The van der Waals surface area contributed by atoms with E-state index in [9.17, 15) is 0 Å². The SMILES string of the molecule is CCCCOC(C)OC1CC2(C)C=CC1C2. The summed E-state index contributed by atoms with van der Waals surface area (Å²) >= 11 is 0. The molecule has 1 saturated carbocycles. The van der Waals surface area contributed by atoms with Crippen LogP contribution in [0.5, 0.6) is 0 Å². The van der Waals surface area contributed by atoms with Crippen LogP contribution < -0.4 is 0 Å². The van der Waals surface area contributed by atoms with Gasteiger partial charge in [-0.3, -0.25) is 0 Å². The van der Waals surface area contributed by atoms with Crippen LogP contribution in [0.25, 0.3) is 0 Å². The summed E-state index contributed by atoms with van der Waals surface area (Å²) < 4.78 is 11.6. The highest BCUT2D eigenvalue weighted by atomic mass is 16.7. The van der Waals surface area contributed by atoms with Crippen LogP contribution in [0.4, 0.5) is 0 Å². The van der Waals surface area contributed by atoms with E-state index in [4.69, 9.17) is 9.47 Å². The van der Waals surface area contributed by atoms with Crippen LogP contribution in [-0.4, -0.2) is 19.0 Å². The molecule has 0 aromatic rings.